The number of anilines is 1. The Kier molecular flexibility index (Phi) is 4.11. The molecule has 1 saturated heterocycles. The molecule has 1 aromatic rings. The molecule has 1 unspecified atom stereocenters. The van der Waals surface area contributed by atoms with E-state index in [0.717, 1.165) is 29.1 Å². The maximum Gasteiger partial charge on any atom is 0.0512 e. The second-order valence-electron chi connectivity index (χ2n) is 4.25. The lowest BCUT2D eigenvalue weighted by molar-refractivity contribution is 0.584. The van der Waals surface area contributed by atoms with Crippen LogP contribution in [0, 0.1) is 0 Å². The molecule has 1 aromatic carbocycles. The number of rotatable bonds is 1. The Labute approximate surface area is 110 Å². The number of hydrogen-bond acceptors (Lipinski definition) is 2. The van der Waals surface area contributed by atoms with Gasteiger partial charge in [0.15, 0.2) is 0 Å². The van der Waals surface area contributed by atoms with E-state index in [0.29, 0.717) is 6.04 Å². The highest BCUT2D eigenvalue weighted by atomic mass is 79.9. The van der Waals surface area contributed by atoms with E-state index >= 15 is 0 Å². The summed E-state index contributed by atoms with van der Waals surface area (Å²) in [5, 5.41) is 4.27. The van der Waals surface area contributed by atoms with Crippen molar-refractivity contribution in [2.45, 2.75) is 19.4 Å². The molecule has 0 aromatic heterocycles. The quantitative estimate of drug-likeness (QED) is 0.856. The van der Waals surface area contributed by atoms with Gasteiger partial charge in [-0.2, -0.15) is 0 Å². The third kappa shape index (κ3) is 2.90. The topological polar surface area (TPSA) is 15.3 Å². The molecule has 16 heavy (non-hydrogen) atoms. The van der Waals surface area contributed by atoms with Crippen LogP contribution < -0.4 is 10.2 Å². The Morgan fingerprint density at radius 1 is 1.50 bits per heavy atom. The second kappa shape index (κ2) is 5.39. The number of halogens is 2. The second-order valence-corrected chi connectivity index (χ2v) is 5.54. The molecule has 0 bridgehead atoms. The van der Waals surface area contributed by atoms with Crippen molar-refractivity contribution >= 4 is 33.2 Å². The highest BCUT2D eigenvalue weighted by Crippen LogP contribution is 2.29. The lowest BCUT2D eigenvalue weighted by atomic mass is 10.2. The summed E-state index contributed by atoms with van der Waals surface area (Å²) in [6, 6.07) is 6.53. The van der Waals surface area contributed by atoms with E-state index in [1.54, 1.807) is 0 Å². The monoisotopic (exact) mass is 302 g/mol. The minimum absolute atomic E-state index is 0.532. The van der Waals surface area contributed by atoms with Crippen LogP contribution in [0.15, 0.2) is 22.7 Å². The van der Waals surface area contributed by atoms with Crippen molar-refractivity contribution in [2.24, 2.45) is 0 Å². The van der Waals surface area contributed by atoms with Crippen molar-refractivity contribution in [3.8, 4) is 0 Å². The van der Waals surface area contributed by atoms with Crippen LogP contribution in [0.25, 0.3) is 0 Å². The third-order valence-electron chi connectivity index (χ3n) is 2.84. The zero-order valence-corrected chi connectivity index (χ0v) is 11.7. The van der Waals surface area contributed by atoms with Crippen LogP contribution in [0.1, 0.15) is 13.3 Å². The largest absolute Gasteiger partial charge is 0.369 e. The molecule has 1 atom stereocenters. The van der Waals surface area contributed by atoms with Crippen molar-refractivity contribution < 1.29 is 0 Å². The fraction of sp³-hybridized carbons (Fsp3) is 0.500. The van der Waals surface area contributed by atoms with Crippen LogP contribution >= 0.6 is 27.5 Å². The standard InChI is InChI=1S/C12H16BrClN2/c1-9-8-16(6-2-5-15-9)12-4-3-10(14)7-11(12)13/h3-4,7,9,15H,2,5-6,8H2,1H3. The molecule has 0 radical (unpaired) electrons. The molecule has 1 fully saturated rings. The maximum absolute atomic E-state index is 5.96. The van der Waals surface area contributed by atoms with Crippen molar-refractivity contribution in [1.82, 2.24) is 5.32 Å². The van der Waals surface area contributed by atoms with Crippen LogP contribution in [-0.2, 0) is 0 Å². The normalized spacial score (nSPS) is 21.9. The van der Waals surface area contributed by atoms with Gasteiger partial charge in [-0.3, -0.25) is 0 Å². The molecule has 0 amide bonds. The molecule has 0 aliphatic carbocycles. The highest BCUT2D eigenvalue weighted by molar-refractivity contribution is 9.10. The predicted molar refractivity (Wildman–Crippen MR) is 73.4 cm³/mol. The number of nitrogens with one attached hydrogen (secondary N) is 1. The molecule has 88 valence electrons. The van der Waals surface area contributed by atoms with Gasteiger partial charge in [0.2, 0.25) is 0 Å². The van der Waals surface area contributed by atoms with Gasteiger partial charge in [0.25, 0.3) is 0 Å². The third-order valence-corrected chi connectivity index (χ3v) is 3.71. The summed E-state index contributed by atoms with van der Waals surface area (Å²) in [7, 11) is 0. The van der Waals surface area contributed by atoms with Crippen molar-refractivity contribution in [3.63, 3.8) is 0 Å². The van der Waals surface area contributed by atoms with E-state index in [-0.39, 0.29) is 0 Å². The first-order valence-corrected chi connectivity index (χ1v) is 6.77. The molecule has 0 saturated carbocycles. The Balaban J connectivity index is 2.21. The molecule has 1 aliphatic heterocycles. The zero-order chi connectivity index (χ0) is 11.5. The van der Waals surface area contributed by atoms with Gasteiger partial charge in [0, 0.05) is 28.6 Å². The molecular weight excluding hydrogens is 288 g/mol. The summed E-state index contributed by atoms with van der Waals surface area (Å²) < 4.78 is 1.08. The van der Waals surface area contributed by atoms with Crippen LogP contribution in [-0.4, -0.2) is 25.7 Å². The van der Waals surface area contributed by atoms with Crippen LogP contribution in [0.3, 0.4) is 0 Å². The summed E-state index contributed by atoms with van der Waals surface area (Å²) in [5.41, 5.74) is 1.24. The fourth-order valence-electron chi connectivity index (χ4n) is 2.06. The summed E-state index contributed by atoms with van der Waals surface area (Å²) >= 11 is 9.54. The average Bonchev–Trinajstić information content (AvgIpc) is 2.43. The SMILES string of the molecule is CC1CN(c2ccc(Cl)cc2Br)CCCN1. The maximum atomic E-state index is 5.96. The van der Waals surface area contributed by atoms with Crippen LogP contribution in [0.5, 0.6) is 0 Å². The number of hydrogen-bond donors (Lipinski definition) is 1. The van der Waals surface area contributed by atoms with E-state index in [1.165, 1.54) is 12.1 Å². The van der Waals surface area contributed by atoms with Crippen LogP contribution in [0.4, 0.5) is 5.69 Å². The lowest BCUT2D eigenvalue weighted by Crippen LogP contribution is -2.35. The Bertz CT molecular complexity index is 370. The summed E-state index contributed by atoms with van der Waals surface area (Å²) in [6.45, 7) is 5.46. The van der Waals surface area contributed by atoms with E-state index in [9.17, 15) is 0 Å². The van der Waals surface area contributed by atoms with Gasteiger partial charge < -0.3 is 10.2 Å². The minimum atomic E-state index is 0.532. The van der Waals surface area contributed by atoms with Gasteiger partial charge in [-0.15, -0.1) is 0 Å². The molecule has 2 nitrogen and oxygen atoms in total. The summed E-state index contributed by atoms with van der Waals surface area (Å²) in [4.78, 5) is 2.41. The molecule has 4 heteroatoms. The Morgan fingerprint density at radius 3 is 3.06 bits per heavy atom. The first kappa shape index (κ1) is 12.2. The van der Waals surface area contributed by atoms with E-state index in [2.05, 4.69) is 39.1 Å². The molecule has 1 aliphatic rings. The molecular formula is C12H16BrClN2. The zero-order valence-electron chi connectivity index (χ0n) is 9.34. The molecule has 2 rings (SSSR count). The average molecular weight is 304 g/mol. The predicted octanol–water partition coefficient (Wildman–Crippen LogP) is 3.29. The van der Waals surface area contributed by atoms with Gasteiger partial charge in [0.05, 0.1) is 5.69 Å². The Morgan fingerprint density at radius 2 is 2.31 bits per heavy atom. The van der Waals surface area contributed by atoms with Crippen molar-refractivity contribution in [2.75, 3.05) is 24.5 Å². The van der Waals surface area contributed by atoms with Gasteiger partial charge in [0.1, 0.15) is 0 Å². The fourth-order valence-corrected chi connectivity index (χ4v) is 2.99. The first-order valence-electron chi connectivity index (χ1n) is 5.60. The minimum Gasteiger partial charge on any atom is -0.369 e. The summed E-state index contributed by atoms with van der Waals surface area (Å²) in [5.74, 6) is 0. The van der Waals surface area contributed by atoms with Gasteiger partial charge in [-0.1, -0.05) is 11.6 Å². The van der Waals surface area contributed by atoms with E-state index < -0.39 is 0 Å². The van der Waals surface area contributed by atoms with Gasteiger partial charge in [-0.05, 0) is 54.0 Å². The summed E-state index contributed by atoms with van der Waals surface area (Å²) in [6.07, 6.45) is 1.18. The molecule has 0 spiro atoms. The van der Waals surface area contributed by atoms with Gasteiger partial charge >= 0.3 is 0 Å². The Hall–Kier alpha value is -0.250. The number of nitrogens with zero attached hydrogens (tertiary/aromatic N) is 1. The lowest BCUT2D eigenvalue weighted by Gasteiger charge is -2.26. The smallest absolute Gasteiger partial charge is 0.0512 e. The molecule has 1 N–H and O–H groups in total. The first-order chi connectivity index (χ1) is 7.66. The van der Waals surface area contributed by atoms with E-state index in [4.69, 9.17) is 11.6 Å². The van der Waals surface area contributed by atoms with Crippen molar-refractivity contribution in [3.05, 3.63) is 27.7 Å². The molecule has 1 heterocycles. The highest BCUT2D eigenvalue weighted by Gasteiger charge is 2.16. The van der Waals surface area contributed by atoms with Crippen LogP contribution in [0.2, 0.25) is 5.02 Å². The van der Waals surface area contributed by atoms with Gasteiger partial charge in [-0.25, -0.2) is 0 Å². The number of benzene rings is 1. The van der Waals surface area contributed by atoms with Crippen molar-refractivity contribution in [1.29, 1.82) is 0 Å². The van der Waals surface area contributed by atoms with E-state index in [1.807, 2.05) is 12.1 Å².